The number of carbonyl (C=O) groups excluding carboxylic acids is 2. The van der Waals surface area contributed by atoms with Gasteiger partial charge in [0, 0.05) is 44.5 Å². The number of phenols is 1. The van der Waals surface area contributed by atoms with Crippen LogP contribution in [-0.4, -0.2) is 16.9 Å². The zero-order valence-electron chi connectivity index (χ0n) is 21.8. The van der Waals surface area contributed by atoms with Crippen molar-refractivity contribution in [2.45, 2.75) is 10.6 Å². The van der Waals surface area contributed by atoms with E-state index in [0.29, 0.717) is 33.5 Å². The molecule has 210 valence electrons. The Bertz CT molecular complexity index is 1870. The summed E-state index contributed by atoms with van der Waals surface area (Å²) in [6, 6.07) is 25.6. The van der Waals surface area contributed by atoms with Crippen molar-refractivity contribution in [3.05, 3.63) is 141 Å². The van der Waals surface area contributed by atoms with Crippen LogP contribution in [0.2, 0.25) is 5.02 Å². The number of halogens is 2. The normalized spacial score (nSPS) is 11.3. The number of carbonyl (C=O) groups is 2. The Morgan fingerprint density at radius 3 is 2.52 bits per heavy atom. The number of nitrogens with one attached hydrogen (secondary N) is 2. The SMILES string of the molecule is O=C(Nc1cccc(SCc2cc3ccc(O)cc3oc2=O)c1)/C(=C/c1c(F)cccc1Cl)NC(=O)c1ccccc1. The van der Waals surface area contributed by atoms with E-state index in [0.717, 1.165) is 4.90 Å². The fraction of sp³-hybridized carbons (Fsp3) is 0.0312. The van der Waals surface area contributed by atoms with E-state index in [9.17, 15) is 23.9 Å². The summed E-state index contributed by atoms with van der Waals surface area (Å²) in [6.45, 7) is 0. The summed E-state index contributed by atoms with van der Waals surface area (Å²) in [6.07, 6.45) is 1.19. The van der Waals surface area contributed by atoms with Gasteiger partial charge in [-0.25, -0.2) is 9.18 Å². The van der Waals surface area contributed by atoms with Crippen molar-refractivity contribution in [1.29, 1.82) is 0 Å². The maximum Gasteiger partial charge on any atom is 0.340 e. The zero-order chi connectivity index (χ0) is 29.6. The van der Waals surface area contributed by atoms with Gasteiger partial charge in [0.15, 0.2) is 0 Å². The van der Waals surface area contributed by atoms with Gasteiger partial charge in [-0.1, -0.05) is 41.9 Å². The average Bonchev–Trinajstić information content (AvgIpc) is 2.98. The van der Waals surface area contributed by atoms with Crippen molar-refractivity contribution in [2.75, 3.05) is 5.32 Å². The lowest BCUT2D eigenvalue weighted by molar-refractivity contribution is -0.113. The summed E-state index contributed by atoms with van der Waals surface area (Å²) in [5, 5.41) is 15.7. The molecule has 0 aliphatic rings. The molecule has 5 aromatic rings. The number of hydrogen-bond donors (Lipinski definition) is 3. The standard InChI is InChI=1S/C32H22ClFN2O5S/c33-26-10-5-11-27(34)25(26)17-28(36-30(38)19-6-2-1-3-7-19)31(39)35-22-8-4-9-24(15-22)42-18-21-14-20-12-13-23(37)16-29(20)41-32(21)40/h1-17,37H,18H2,(H,35,39)(H,36,38)/b28-17-. The molecule has 0 aliphatic carbocycles. The molecule has 0 radical (unpaired) electrons. The smallest absolute Gasteiger partial charge is 0.340 e. The van der Waals surface area contributed by atoms with Gasteiger partial charge in [-0.05, 0) is 66.7 Å². The second-order valence-electron chi connectivity index (χ2n) is 9.07. The molecule has 4 aromatic carbocycles. The van der Waals surface area contributed by atoms with Crippen LogP contribution in [-0.2, 0) is 10.5 Å². The van der Waals surface area contributed by atoms with Crippen LogP contribution in [0.15, 0.2) is 117 Å². The van der Waals surface area contributed by atoms with Crippen molar-refractivity contribution in [1.82, 2.24) is 5.32 Å². The molecule has 0 saturated carbocycles. The third kappa shape index (κ3) is 6.88. The molecule has 1 aromatic heterocycles. The second kappa shape index (κ2) is 12.8. The number of amides is 2. The molecule has 3 N–H and O–H groups in total. The number of fused-ring (bicyclic) bond motifs is 1. The summed E-state index contributed by atoms with van der Waals surface area (Å²) in [5.41, 5.74) is 0.664. The minimum absolute atomic E-state index is 0.00118. The van der Waals surface area contributed by atoms with Crippen molar-refractivity contribution in [2.24, 2.45) is 0 Å². The first-order valence-electron chi connectivity index (χ1n) is 12.6. The van der Waals surface area contributed by atoms with E-state index >= 15 is 0 Å². The van der Waals surface area contributed by atoms with Gasteiger partial charge < -0.3 is 20.2 Å². The molecule has 2 amide bonds. The maximum absolute atomic E-state index is 14.6. The highest BCUT2D eigenvalue weighted by Gasteiger charge is 2.17. The molecule has 0 bridgehead atoms. The molecule has 10 heteroatoms. The average molecular weight is 601 g/mol. The molecule has 42 heavy (non-hydrogen) atoms. The fourth-order valence-electron chi connectivity index (χ4n) is 4.00. The largest absolute Gasteiger partial charge is 0.508 e. The summed E-state index contributed by atoms with van der Waals surface area (Å²) < 4.78 is 19.9. The molecule has 0 fully saturated rings. The van der Waals surface area contributed by atoms with E-state index < -0.39 is 23.3 Å². The van der Waals surface area contributed by atoms with Gasteiger partial charge in [0.05, 0.1) is 5.02 Å². The number of anilines is 1. The lowest BCUT2D eigenvalue weighted by Gasteiger charge is -2.13. The Labute approximate surface area is 248 Å². The first-order valence-corrected chi connectivity index (χ1v) is 14.0. The number of aromatic hydroxyl groups is 1. The predicted octanol–water partition coefficient (Wildman–Crippen LogP) is 6.99. The van der Waals surface area contributed by atoms with E-state index in [4.69, 9.17) is 16.0 Å². The summed E-state index contributed by atoms with van der Waals surface area (Å²) in [4.78, 5) is 39.4. The fourth-order valence-corrected chi connectivity index (χ4v) is 5.13. The van der Waals surface area contributed by atoms with Crippen LogP contribution in [0, 0.1) is 5.82 Å². The van der Waals surface area contributed by atoms with E-state index in [-0.39, 0.29) is 22.0 Å². The lowest BCUT2D eigenvalue weighted by atomic mass is 10.1. The Morgan fingerprint density at radius 2 is 1.74 bits per heavy atom. The monoisotopic (exact) mass is 600 g/mol. The molecule has 5 rings (SSSR count). The Hall–Kier alpha value is -4.86. The van der Waals surface area contributed by atoms with Crippen LogP contribution in [0.5, 0.6) is 5.75 Å². The molecular formula is C32H22ClFN2O5S. The van der Waals surface area contributed by atoms with Crippen molar-refractivity contribution < 1.29 is 23.5 Å². The van der Waals surface area contributed by atoms with E-state index in [1.165, 1.54) is 48.2 Å². The van der Waals surface area contributed by atoms with E-state index in [2.05, 4.69) is 10.6 Å². The topological polar surface area (TPSA) is 109 Å². The summed E-state index contributed by atoms with van der Waals surface area (Å²) in [7, 11) is 0. The van der Waals surface area contributed by atoms with Crippen LogP contribution in [0.25, 0.3) is 17.0 Å². The highest BCUT2D eigenvalue weighted by atomic mass is 35.5. The minimum Gasteiger partial charge on any atom is -0.508 e. The van der Waals surface area contributed by atoms with Gasteiger partial charge in [-0.2, -0.15) is 0 Å². The van der Waals surface area contributed by atoms with E-state index in [1.54, 1.807) is 60.7 Å². The first kappa shape index (κ1) is 28.7. The van der Waals surface area contributed by atoms with Crippen LogP contribution < -0.4 is 16.3 Å². The molecule has 0 aliphatic heterocycles. The Morgan fingerprint density at radius 1 is 0.952 bits per heavy atom. The highest BCUT2D eigenvalue weighted by Crippen LogP contribution is 2.27. The first-order chi connectivity index (χ1) is 20.3. The molecule has 0 unspecified atom stereocenters. The van der Waals surface area contributed by atoms with Gasteiger partial charge >= 0.3 is 5.63 Å². The van der Waals surface area contributed by atoms with Gasteiger partial charge in [-0.3, -0.25) is 9.59 Å². The van der Waals surface area contributed by atoms with Crippen LogP contribution >= 0.6 is 23.4 Å². The highest BCUT2D eigenvalue weighted by molar-refractivity contribution is 7.98. The van der Waals surface area contributed by atoms with Crippen molar-refractivity contribution >= 4 is 57.9 Å². The van der Waals surface area contributed by atoms with Crippen LogP contribution in [0.4, 0.5) is 10.1 Å². The van der Waals surface area contributed by atoms with Gasteiger partial charge in [-0.15, -0.1) is 11.8 Å². The third-order valence-corrected chi connectivity index (χ3v) is 7.47. The lowest BCUT2D eigenvalue weighted by Crippen LogP contribution is -2.30. The van der Waals surface area contributed by atoms with Gasteiger partial charge in [0.25, 0.3) is 11.8 Å². The van der Waals surface area contributed by atoms with Crippen LogP contribution in [0.3, 0.4) is 0 Å². The zero-order valence-corrected chi connectivity index (χ0v) is 23.3. The predicted molar refractivity (Wildman–Crippen MR) is 162 cm³/mol. The maximum atomic E-state index is 14.6. The van der Waals surface area contributed by atoms with Gasteiger partial charge in [0.1, 0.15) is 22.8 Å². The number of hydrogen-bond acceptors (Lipinski definition) is 6. The number of benzene rings is 4. The number of rotatable bonds is 8. The Kier molecular flexibility index (Phi) is 8.71. The second-order valence-corrected chi connectivity index (χ2v) is 10.5. The molecular weight excluding hydrogens is 579 g/mol. The van der Waals surface area contributed by atoms with E-state index in [1.807, 2.05) is 6.07 Å². The summed E-state index contributed by atoms with van der Waals surface area (Å²) >= 11 is 7.53. The third-order valence-electron chi connectivity index (χ3n) is 6.10. The molecule has 0 atom stereocenters. The van der Waals surface area contributed by atoms with Crippen molar-refractivity contribution in [3.8, 4) is 5.75 Å². The number of phenolic OH excluding ortho intramolecular Hbond substituents is 1. The molecule has 0 spiro atoms. The minimum atomic E-state index is -0.695. The van der Waals surface area contributed by atoms with Gasteiger partial charge in [0.2, 0.25) is 0 Å². The Balaban J connectivity index is 1.36. The van der Waals surface area contributed by atoms with Crippen LogP contribution in [0.1, 0.15) is 21.5 Å². The molecule has 1 heterocycles. The number of thioether (sulfide) groups is 1. The molecule has 7 nitrogen and oxygen atoms in total. The summed E-state index contributed by atoms with van der Waals surface area (Å²) in [5.74, 6) is -1.62. The quantitative estimate of drug-likeness (QED) is 0.101. The molecule has 0 saturated heterocycles. The van der Waals surface area contributed by atoms with Crippen molar-refractivity contribution in [3.63, 3.8) is 0 Å².